The largest absolute Gasteiger partial charge is 0.440 e. The number of hydrogen-bond donors (Lipinski definition) is 0. The first-order valence-electron chi connectivity index (χ1n) is 6.44. The molecule has 0 bridgehead atoms. The van der Waals surface area contributed by atoms with Crippen LogP contribution in [0.15, 0.2) is 6.33 Å². The van der Waals surface area contributed by atoms with E-state index in [9.17, 15) is 14.9 Å². The summed E-state index contributed by atoms with van der Waals surface area (Å²) in [4.78, 5) is 25.1. The third kappa shape index (κ3) is 3.17. The summed E-state index contributed by atoms with van der Waals surface area (Å²) in [5, 5.41) is 20.2. The van der Waals surface area contributed by atoms with Crippen molar-refractivity contribution in [3.63, 3.8) is 0 Å². The van der Waals surface area contributed by atoms with Crippen molar-refractivity contribution in [2.45, 2.75) is 38.5 Å². The summed E-state index contributed by atoms with van der Waals surface area (Å²) in [6, 6.07) is 1.75. The number of nitrogens with zero attached hydrogens (tertiary/aromatic N) is 4. The van der Waals surface area contributed by atoms with E-state index < -0.39 is 29.0 Å². The lowest BCUT2D eigenvalue weighted by Crippen LogP contribution is -2.22. The average Bonchev–Trinajstić information content (AvgIpc) is 2.90. The summed E-state index contributed by atoms with van der Waals surface area (Å²) in [5.41, 5.74) is -0.0652. The van der Waals surface area contributed by atoms with Gasteiger partial charge in [0, 0.05) is 13.5 Å². The van der Waals surface area contributed by atoms with Gasteiger partial charge in [-0.15, -0.1) is 0 Å². The van der Waals surface area contributed by atoms with Gasteiger partial charge in [-0.1, -0.05) is 0 Å². The summed E-state index contributed by atoms with van der Waals surface area (Å²) in [6.45, 7) is 1.66. The van der Waals surface area contributed by atoms with Crippen LogP contribution in [0, 0.1) is 21.4 Å². The van der Waals surface area contributed by atoms with Gasteiger partial charge in [0.05, 0.1) is 0 Å². The van der Waals surface area contributed by atoms with Crippen LogP contribution in [0.3, 0.4) is 0 Å². The third-order valence-corrected chi connectivity index (χ3v) is 3.10. The van der Waals surface area contributed by atoms with Gasteiger partial charge in [0.15, 0.2) is 5.69 Å². The molecule has 2 rings (SSSR count). The molecular weight excluding hydrogens is 280 g/mol. The first kappa shape index (κ1) is 14.9. The van der Waals surface area contributed by atoms with Crippen LogP contribution in [-0.4, -0.2) is 27.1 Å². The van der Waals surface area contributed by atoms with E-state index in [1.165, 1.54) is 10.9 Å². The Morgan fingerprint density at radius 1 is 1.71 bits per heavy atom. The summed E-state index contributed by atoms with van der Waals surface area (Å²) in [5.74, 6) is -1.20. The zero-order valence-corrected chi connectivity index (χ0v) is 11.4. The molecule has 112 valence electrons. The van der Waals surface area contributed by atoms with Crippen LogP contribution in [0.1, 0.15) is 44.2 Å². The topological polar surface area (TPSA) is 120 Å². The number of aromatic nitrogens is 2. The molecule has 2 unspecified atom stereocenters. The molecule has 1 aromatic rings. The lowest BCUT2D eigenvalue weighted by Gasteiger charge is -2.25. The van der Waals surface area contributed by atoms with E-state index in [2.05, 4.69) is 4.98 Å². The van der Waals surface area contributed by atoms with Gasteiger partial charge in [-0.2, -0.15) is 5.26 Å². The van der Waals surface area contributed by atoms with Gasteiger partial charge in [0.2, 0.25) is 12.4 Å². The minimum atomic E-state index is -1.39. The van der Waals surface area contributed by atoms with E-state index in [0.717, 1.165) is 19.8 Å². The molecule has 1 saturated heterocycles. The minimum Gasteiger partial charge on any atom is -0.440 e. The van der Waals surface area contributed by atoms with E-state index >= 15 is 0 Å². The van der Waals surface area contributed by atoms with Crippen LogP contribution in [0.25, 0.3) is 0 Å². The van der Waals surface area contributed by atoms with E-state index in [-0.39, 0.29) is 5.69 Å². The summed E-state index contributed by atoms with van der Waals surface area (Å²) < 4.78 is 11.8. The van der Waals surface area contributed by atoms with Gasteiger partial charge in [-0.05, 0) is 29.2 Å². The molecule has 2 atom stereocenters. The maximum Gasteiger partial charge on any atom is 0.390 e. The number of esters is 1. The fourth-order valence-electron chi connectivity index (χ4n) is 2.24. The SMILES string of the molecule is CC(=O)OC(C#N)c1c([N+](=O)[O-])ncn1C1CCCCO1. The Bertz CT molecular complexity index is 585. The second-order valence-corrected chi connectivity index (χ2v) is 4.56. The molecule has 1 aliphatic rings. The monoisotopic (exact) mass is 294 g/mol. The molecule has 9 nitrogen and oxygen atoms in total. The van der Waals surface area contributed by atoms with Crippen LogP contribution in [0.5, 0.6) is 0 Å². The maximum atomic E-state index is 11.1. The fraction of sp³-hybridized carbons (Fsp3) is 0.583. The molecule has 0 saturated carbocycles. The van der Waals surface area contributed by atoms with Gasteiger partial charge in [0.1, 0.15) is 12.3 Å². The molecule has 0 radical (unpaired) electrons. The highest BCUT2D eigenvalue weighted by Crippen LogP contribution is 2.32. The van der Waals surface area contributed by atoms with Crippen molar-refractivity contribution in [1.82, 2.24) is 9.55 Å². The molecule has 0 amide bonds. The summed E-state index contributed by atoms with van der Waals surface area (Å²) >= 11 is 0. The van der Waals surface area contributed by atoms with Crippen LogP contribution < -0.4 is 0 Å². The number of rotatable bonds is 4. The molecule has 0 N–H and O–H groups in total. The Kier molecular flexibility index (Phi) is 4.49. The standard InChI is InChI=1S/C12H14N4O5/c1-8(17)21-9(6-13)11-12(16(18)19)14-7-15(11)10-4-2-3-5-20-10/h7,9-10H,2-5H2,1H3. The number of ether oxygens (including phenoxy) is 2. The number of carbonyl (C=O) groups is 1. The fourth-order valence-corrected chi connectivity index (χ4v) is 2.24. The first-order valence-corrected chi connectivity index (χ1v) is 6.44. The highest BCUT2D eigenvalue weighted by Gasteiger charge is 2.34. The van der Waals surface area contributed by atoms with E-state index in [4.69, 9.17) is 14.7 Å². The number of imidazole rings is 1. The number of hydrogen-bond acceptors (Lipinski definition) is 7. The normalized spacial score (nSPS) is 19.5. The van der Waals surface area contributed by atoms with E-state index in [1.54, 1.807) is 6.07 Å². The van der Waals surface area contributed by atoms with Gasteiger partial charge in [0.25, 0.3) is 0 Å². The number of nitro groups is 1. The Balaban J connectivity index is 2.43. The average molecular weight is 294 g/mol. The summed E-state index contributed by atoms with van der Waals surface area (Å²) in [7, 11) is 0. The van der Waals surface area contributed by atoms with E-state index in [1.807, 2.05) is 0 Å². The van der Waals surface area contributed by atoms with Gasteiger partial charge in [-0.25, -0.2) is 0 Å². The Labute approximate surface area is 120 Å². The second-order valence-electron chi connectivity index (χ2n) is 4.56. The molecule has 1 fully saturated rings. The van der Waals surface area contributed by atoms with Crippen molar-refractivity contribution >= 4 is 11.8 Å². The molecule has 0 aliphatic carbocycles. The molecule has 0 aromatic carbocycles. The van der Waals surface area contributed by atoms with Gasteiger partial charge in [-0.3, -0.25) is 9.36 Å². The molecular formula is C12H14N4O5. The zero-order chi connectivity index (χ0) is 15.4. The first-order chi connectivity index (χ1) is 10.0. The molecule has 1 aromatic heterocycles. The van der Waals surface area contributed by atoms with Crippen molar-refractivity contribution < 1.29 is 19.2 Å². The molecule has 2 heterocycles. The highest BCUT2D eigenvalue weighted by atomic mass is 16.6. The summed E-state index contributed by atoms with van der Waals surface area (Å²) in [6.07, 6.45) is 1.88. The third-order valence-electron chi connectivity index (χ3n) is 3.10. The lowest BCUT2D eigenvalue weighted by molar-refractivity contribution is -0.390. The van der Waals surface area contributed by atoms with Gasteiger partial charge >= 0.3 is 11.8 Å². The Morgan fingerprint density at radius 2 is 2.48 bits per heavy atom. The highest BCUT2D eigenvalue weighted by molar-refractivity contribution is 5.66. The smallest absolute Gasteiger partial charge is 0.390 e. The van der Waals surface area contributed by atoms with Crippen molar-refractivity contribution in [2.24, 2.45) is 0 Å². The predicted molar refractivity (Wildman–Crippen MR) is 67.8 cm³/mol. The quantitative estimate of drug-likeness (QED) is 0.470. The predicted octanol–water partition coefficient (Wildman–Crippen LogP) is 1.62. The number of carbonyl (C=O) groups excluding carboxylic acids is 1. The Morgan fingerprint density at radius 3 is 3.00 bits per heavy atom. The molecule has 9 heteroatoms. The van der Waals surface area contributed by atoms with E-state index in [0.29, 0.717) is 13.0 Å². The second kappa shape index (κ2) is 6.32. The number of nitriles is 1. The lowest BCUT2D eigenvalue weighted by atomic mass is 10.1. The van der Waals surface area contributed by atoms with Crippen molar-refractivity contribution in [1.29, 1.82) is 5.26 Å². The molecule has 21 heavy (non-hydrogen) atoms. The molecule has 1 aliphatic heterocycles. The zero-order valence-electron chi connectivity index (χ0n) is 11.4. The van der Waals surface area contributed by atoms with Crippen LogP contribution >= 0.6 is 0 Å². The van der Waals surface area contributed by atoms with Crippen molar-refractivity contribution in [3.05, 3.63) is 22.1 Å². The van der Waals surface area contributed by atoms with Crippen molar-refractivity contribution in [2.75, 3.05) is 6.61 Å². The maximum absolute atomic E-state index is 11.1. The van der Waals surface area contributed by atoms with Crippen LogP contribution in [0.2, 0.25) is 0 Å². The van der Waals surface area contributed by atoms with Crippen molar-refractivity contribution in [3.8, 4) is 6.07 Å². The van der Waals surface area contributed by atoms with Crippen LogP contribution in [0.4, 0.5) is 5.82 Å². The minimum absolute atomic E-state index is 0.0652. The Hall–Kier alpha value is -2.47. The van der Waals surface area contributed by atoms with Crippen LogP contribution in [-0.2, 0) is 14.3 Å². The molecule has 0 spiro atoms. The van der Waals surface area contributed by atoms with Gasteiger partial charge < -0.3 is 19.6 Å².